The van der Waals surface area contributed by atoms with Gasteiger partial charge in [-0.3, -0.25) is 0 Å². The van der Waals surface area contributed by atoms with Gasteiger partial charge in [0.25, 0.3) is 0 Å². The van der Waals surface area contributed by atoms with Crippen LogP contribution in [0, 0.1) is 0 Å². The highest BCUT2D eigenvalue weighted by molar-refractivity contribution is 5.02. The highest BCUT2D eigenvalue weighted by atomic mass is 16.2. The lowest BCUT2D eigenvalue weighted by molar-refractivity contribution is 0.471. The van der Waals surface area contributed by atoms with E-state index in [-0.39, 0.29) is 0 Å². The SMILES string of the molecule is CCCCC/C=C/CCCCC/C=C/C=C/CC/C=C/O. The Hall–Kier alpha value is -1.24. The van der Waals surface area contributed by atoms with Gasteiger partial charge in [0.2, 0.25) is 0 Å². The predicted molar refractivity (Wildman–Crippen MR) is 95.6 cm³/mol. The molecule has 0 saturated carbocycles. The number of aliphatic hydroxyl groups excluding tert-OH is 1. The van der Waals surface area contributed by atoms with Crippen molar-refractivity contribution in [1.82, 2.24) is 0 Å². The third-order valence-corrected chi connectivity index (χ3v) is 3.37. The van der Waals surface area contributed by atoms with E-state index in [1.807, 2.05) is 0 Å². The minimum Gasteiger partial charge on any atom is -0.516 e. The normalized spacial score (nSPS) is 12.6. The van der Waals surface area contributed by atoms with Gasteiger partial charge in [0.1, 0.15) is 0 Å². The van der Waals surface area contributed by atoms with E-state index in [4.69, 9.17) is 5.11 Å². The standard InChI is InChI=1S/C20H34O/c1-2-3-4-5-6-7-8-9-10-11-12-13-14-15-16-17-18-19-20-21/h6-7,13-16,19-21H,2-5,8-12,17-18H2,1H3/b7-6+,14-13+,16-15+,20-19+. The van der Waals surface area contributed by atoms with Gasteiger partial charge in [0, 0.05) is 0 Å². The molecule has 0 rings (SSSR count). The molecule has 0 heterocycles. The van der Waals surface area contributed by atoms with E-state index < -0.39 is 0 Å². The number of aliphatic hydroxyl groups is 1. The van der Waals surface area contributed by atoms with Crippen molar-refractivity contribution in [3.63, 3.8) is 0 Å². The maximum Gasteiger partial charge on any atom is 0.0751 e. The smallest absolute Gasteiger partial charge is 0.0751 e. The maximum atomic E-state index is 8.47. The molecule has 1 nitrogen and oxygen atoms in total. The minimum atomic E-state index is 0.910. The summed E-state index contributed by atoms with van der Waals surface area (Å²) in [4.78, 5) is 0. The summed E-state index contributed by atoms with van der Waals surface area (Å²) in [6, 6.07) is 0. The van der Waals surface area contributed by atoms with Gasteiger partial charge < -0.3 is 5.11 Å². The molecular weight excluding hydrogens is 256 g/mol. The number of rotatable bonds is 14. The molecule has 0 aromatic carbocycles. The van der Waals surface area contributed by atoms with Crippen molar-refractivity contribution in [3.8, 4) is 0 Å². The monoisotopic (exact) mass is 290 g/mol. The summed E-state index contributed by atoms with van der Waals surface area (Å²) in [5.41, 5.74) is 0. The van der Waals surface area contributed by atoms with Crippen molar-refractivity contribution >= 4 is 0 Å². The van der Waals surface area contributed by atoms with Gasteiger partial charge in [-0.05, 0) is 57.4 Å². The lowest BCUT2D eigenvalue weighted by Crippen LogP contribution is -1.75. The van der Waals surface area contributed by atoms with Crippen LogP contribution in [0.15, 0.2) is 48.8 Å². The second kappa shape index (κ2) is 18.8. The van der Waals surface area contributed by atoms with E-state index in [0.29, 0.717) is 0 Å². The van der Waals surface area contributed by atoms with Crippen molar-refractivity contribution in [1.29, 1.82) is 0 Å². The van der Waals surface area contributed by atoms with Crippen molar-refractivity contribution in [3.05, 3.63) is 48.8 Å². The Kier molecular flexibility index (Phi) is 17.7. The first kappa shape index (κ1) is 19.8. The number of hydrogen-bond donors (Lipinski definition) is 1. The molecule has 0 saturated heterocycles. The van der Waals surface area contributed by atoms with Crippen LogP contribution in [0.1, 0.15) is 77.6 Å². The van der Waals surface area contributed by atoms with Crippen LogP contribution >= 0.6 is 0 Å². The average Bonchev–Trinajstić information content (AvgIpc) is 2.50. The van der Waals surface area contributed by atoms with Gasteiger partial charge in [-0.25, -0.2) is 0 Å². The Morgan fingerprint density at radius 2 is 1.10 bits per heavy atom. The van der Waals surface area contributed by atoms with Crippen molar-refractivity contribution in [2.45, 2.75) is 77.6 Å². The molecule has 0 amide bonds. The number of allylic oxidation sites excluding steroid dienone is 7. The fraction of sp³-hybridized carbons (Fsp3) is 0.600. The lowest BCUT2D eigenvalue weighted by atomic mass is 10.1. The molecule has 0 spiro atoms. The van der Waals surface area contributed by atoms with E-state index in [0.717, 1.165) is 19.1 Å². The highest BCUT2D eigenvalue weighted by Gasteiger charge is 1.86. The Bertz CT molecular complexity index is 297. The molecule has 0 fully saturated rings. The summed E-state index contributed by atoms with van der Waals surface area (Å²) in [6.45, 7) is 2.25. The lowest BCUT2D eigenvalue weighted by Gasteiger charge is -1.95. The van der Waals surface area contributed by atoms with Gasteiger partial charge >= 0.3 is 0 Å². The van der Waals surface area contributed by atoms with Crippen LogP contribution < -0.4 is 0 Å². The highest BCUT2D eigenvalue weighted by Crippen LogP contribution is 2.06. The van der Waals surface area contributed by atoms with Crippen molar-refractivity contribution < 1.29 is 5.11 Å². The van der Waals surface area contributed by atoms with Crippen molar-refractivity contribution in [2.75, 3.05) is 0 Å². The fourth-order valence-corrected chi connectivity index (χ4v) is 2.07. The molecule has 120 valence electrons. The third kappa shape index (κ3) is 18.8. The van der Waals surface area contributed by atoms with Gasteiger partial charge in [-0.1, -0.05) is 62.6 Å². The van der Waals surface area contributed by atoms with E-state index in [1.165, 1.54) is 57.8 Å². The van der Waals surface area contributed by atoms with E-state index in [9.17, 15) is 0 Å². The van der Waals surface area contributed by atoms with Gasteiger partial charge in [0.05, 0.1) is 6.26 Å². The largest absolute Gasteiger partial charge is 0.516 e. The molecule has 0 aromatic heterocycles. The molecule has 0 bridgehead atoms. The first-order valence-electron chi connectivity index (χ1n) is 8.67. The molecule has 0 aliphatic heterocycles. The first-order chi connectivity index (χ1) is 10.4. The Labute approximate surface area is 132 Å². The molecule has 0 radical (unpaired) electrons. The zero-order chi connectivity index (χ0) is 15.4. The second-order valence-corrected chi connectivity index (χ2v) is 5.42. The first-order valence-corrected chi connectivity index (χ1v) is 8.67. The quantitative estimate of drug-likeness (QED) is 0.157. The second-order valence-electron chi connectivity index (χ2n) is 5.42. The van der Waals surface area contributed by atoms with E-state index in [1.54, 1.807) is 6.08 Å². The topological polar surface area (TPSA) is 20.2 Å². The third-order valence-electron chi connectivity index (χ3n) is 3.37. The number of hydrogen-bond acceptors (Lipinski definition) is 1. The van der Waals surface area contributed by atoms with Gasteiger partial charge in [-0.2, -0.15) is 0 Å². The Morgan fingerprint density at radius 3 is 1.71 bits per heavy atom. The molecule has 1 heteroatoms. The van der Waals surface area contributed by atoms with Crippen LogP contribution in [0.3, 0.4) is 0 Å². The molecule has 0 aliphatic rings. The summed E-state index contributed by atoms with van der Waals surface area (Å²) in [6.07, 6.45) is 29.8. The van der Waals surface area contributed by atoms with Crippen molar-refractivity contribution in [2.24, 2.45) is 0 Å². The fourth-order valence-electron chi connectivity index (χ4n) is 2.07. The molecule has 0 unspecified atom stereocenters. The number of unbranched alkanes of at least 4 members (excludes halogenated alkanes) is 8. The van der Waals surface area contributed by atoms with Crippen LogP contribution in [0.2, 0.25) is 0 Å². The van der Waals surface area contributed by atoms with Crippen LogP contribution in [-0.2, 0) is 0 Å². The molecular formula is C20H34O. The summed E-state index contributed by atoms with van der Waals surface area (Å²) in [5.74, 6) is 0. The van der Waals surface area contributed by atoms with Gasteiger partial charge in [0.15, 0.2) is 0 Å². The summed E-state index contributed by atoms with van der Waals surface area (Å²) in [7, 11) is 0. The molecule has 0 atom stereocenters. The summed E-state index contributed by atoms with van der Waals surface area (Å²) >= 11 is 0. The zero-order valence-electron chi connectivity index (χ0n) is 13.8. The Balaban J connectivity index is 3.24. The predicted octanol–water partition coefficient (Wildman–Crippen LogP) is 7.04. The minimum absolute atomic E-state index is 0.910. The Morgan fingerprint density at radius 1 is 0.571 bits per heavy atom. The molecule has 1 N–H and O–H groups in total. The summed E-state index contributed by atoms with van der Waals surface area (Å²) < 4.78 is 0. The van der Waals surface area contributed by atoms with E-state index in [2.05, 4.69) is 43.4 Å². The summed E-state index contributed by atoms with van der Waals surface area (Å²) in [5, 5.41) is 8.47. The van der Waals surface area contributed by atoms with Crippen LogP contribution in [0.5, 0.6) is 0 Å². The van der Waals surface area contributed by atoms with Crippen LogP contribution in [0.4, 0.5) is 0 Å². The molecule has 0 aromatic rings. The molecule has 21 heavy (non-hydrogen) atoms. The maximum absolute atomic E-state index is 8.47. The van der Waals surface area contributed by atoms with Gasteiger partial charge in [-0.15, -0.1) is 0 Å². The molecule has 0 aliphatic carbocycles. The zero-order valence-corrected chi connectivity index (χ0v) is 13.8. The van der Waals surface area contributed by atoms with Crippen LogP contribution in [-0.4, -0.2) is 5.11 Å². The van der Waals surface area contributed by atoms with E-state index >= 15 is 0 Å². The average molecular weight is 290 g/mol. The van der Waals surface area contributed by atoms with Crippen LogP contribution in [0.25, 0.3) is 0 Å².